The molecule has 0 aliphatic carbocycles. The average Bonchev–Trinajstić information content (AvgIpc) is 2.97. The Labute approximate surface area is 120 Å². The van der Waals surface area contributed by atoms with Gasteiger partial charge >= 0.3 is 0 Å². The van der Waals surface area contributed by atoms with Gasteiger partial charge in [0.05, 0.1) is 0 Å². The van der Waals surface area contributed by atoms with Gasteiger partial charge in [-0.25, -0.2) is 13.1 Å². The van der Waals surface area contributed by atoms with Gasteiger partial charge in [0.2, 0.25) is 10.0 Å². The number of rotatable bonds is 6. The van der Waals surface area contributed by atoms with Crippen LogP contribution in [-0.4, -0.2) is 20.1 Å². The minimum Gasteiger partial charge on any atom is -0.396 e. The van der Waals surface area contributed by atoms with E-state index < -0.39 is 10.0 Å². The van der Waals surface area contributed by atoms with Gasteiger partial charge in [-0.1, -0.05) is 0 Å². The van der Waals surface area contributed by atoms with Crippen LogP contribution in [-0.2, 0) is 23.0 Å². The first-order valence-corrected chi connectivity index (χ1v) is 8.93. The molecule has 0 spiro atoms. The monoisotopic (exact) mass is 317 g/mol. The van der Waals surface area contributed by atoms with Crippen molar-refractivity contribution in [3.63, 3.8) is 0 Å². The Morgan fingerprint density at radius 2 is 2.11 bits per heavy atom. The molecule has 4 nitrogen and oxygen atoms in total. The fraction of sp³-hybridized carbons (Fsp3) is 0.333. The predicted molar refractivity (Wildman–Crippen MR) is 78.2 cm³/mol. The van der Waals surface area contributed by atoms with Gasteiger partial charge in [-0.3, -0.25) is 0 Å². The van der Waals surface area contributed by atoms with E-state index in [-0.39, 0.29) is 6.61 Å². The van der Waals surface area contributed by atoms with Crippen LogP contribution in [0.4, 0.5) is 0 Å². The SMILES string of the molecule is Cc1ccsc1CNS(=O)(=O)c1ccc(CCO)s1. The standard InChI is InChI=1S/C12H15NO3S3/c1-9-5-7-17-11(9)8-13-19(15,16)12-3-2-10(18-12)4-6-14/h2-3,5,7,13-14H,4,6,8H2,1H3. The molecule has 104 valence electrons. The maximum absolute atomic E-state index is 12.1. The second-order valence-corrected chi connectivity index (χ2v) is 8.21. The van der Waals surface area contributed by atoms with Gasteiger partial charge in [0.25, 0.3) is 0 Å². The third-order valence-electron chi connectivity index (χ3n) is 2.65. The normalized spacial score (nSPS) is 11.9. The molecule has 0 atom stereocenters. The largest absolute Gasteiger partial charge is 0.396 e. The van der Waals surface area contributed by atoms with Crippen molar-refractivity contribution in [2.24, 2.45) is 0 Å². The maximum Gasteiger partial charge on any atom is 0.250 e. The number of hydrogen-bond donors (Lipinski definition) is 2. The molecule has 0 aliphatic rings. The molecule has 2 rings (SSSR count). The quantitative estimate of drug-likeness (QED) is 0.858. The summed E-state index contributed by atoms with van der Waals surface area (Å²) in [6, 6.07) is 5.30. The lowest BCUT2D eigenvalue weighted by Gasteiger charge is -2.04. The number of thiophene rings is 2. The van der Waals surface area contributed by atoms with Gasteiger partial charge < -0.3 is 5.11 Å². The molecule has 0 bridgehead atoms. The molecule has 2 aromatic rings. The zero-order valence-corrected chi connectivity index (χ0v) is 12.9. The van der Waals surface area contributed by atoms with E-state index in [2.05, 4.69) is 4.72 Å². The summed E-state index contributed by atoms with van der Waals surface area (Å²) in [5.41, 5.74) is 1.10. The molecular formula is C12H15NO3S3. The van der Waals surface area contributed by atoms with Crippen molar-refractivity contribution in [2.75, 3.05) is 6.61 Å². The third-order valence-corrected chi connectivity index (χ3v) is 6.71. The first-order chi connectivity index (χ1) is 9.03. The van der Waals surface area contributed by atoms with Crippen LogP contribution in [0.5, 0.6) is 0 Å². The molecule has 2 N–H and O–H groups in total. The van der Waals surface area contributed by atoms with E-state index in [1.807, 2.05) is 18.4 Å². The smallest absolute Gasteiger partial charge is 0.250 e. The van der Waals surface area contributed by atoms with Crippen LogP contribution in [0, 0.1) is 6.92 Å². The summed E-state index contributed by atoms with van der Waals surface area (Å²) >= 11 is 2.74. The van der Waals surface area contributed by atoms with Gasteiger partial charge in [0, 0.05) is 29.3 Å². The molecule has 0 radical (unpaired) electrons. The summed E-state index contributed by atoms with van der Waals surface area (Å²) in [6.07, 6.45) is 0.490. The van der Waals surface area contributed by atoms with Crippen LogP contribution in [0.3, 0.4) is 0 Å². The second-order valence-electron chi connectivity index (χ2n) is 4.05. The predicted octanol–water partition coefficient (Wildman–Crippen LogP) is 2.13. The molecular weight excluding hydrogens is 302 g/mol. The number of aryl methyl sites for hydroxylation is 1. The molecule has 0 unspecified atom stereocenters. The fourth-order valence-electron chi connectivity index (χ4n) is 1.56. The fourth-order valence-corrected chi connectivity index (χ4v) is 4.89. The van der Waals surface area contributed by atoms with E-state index in [1.165, 1.54) is 11.3 Å². The van der Waals surface area contributed by atoms with Crippen molar-refractivity contribution in [1.82, 2.24) is 4.72 Å². The van der Waals surface area contributed by atoms with E-state index in [4.69, 9.17) is 5.11 Å². The van der Waals surface area contributed by atoms with Crippen molar-refractivity contribution in [2.45, 2.75) is 24.1 Å². The summed E-state index contributed by atoms with van der Waals surface area (Å²) in [5, 5.41) is 10.8. The summed E-state index contributed by atoms with van der Waals surface area (Å²) in [6.45, 7) is 2.31. The molecule has 0 fully saturated rings. The van der Waals surface area contributed by atoms with Crippen molar-refractivity contribution >= 4 is 32.7 Å². The summed E-state index contributed by atoms with van der Waals surface area (Å²) in [5.74, 6) is 0. The van der Waals surface area contributed by atoms with Crippen LogP contribution in [0.25, 0.3) is 0 Å². The average molecular weight is 317 g/mol. The molecule has 0 amide bonds. The minimum absolute atomic E-state index is 0.0296. The highest BCUT2D eigenvalue weighted by atomic mass is 32.2. The van der Waals surface area contributed by atoms with Crippen molar-refractivity contribution in [3.05, 3.63) is 38.9 Å². The first-order valence-electron chi connectivity index (χ1n) is 5.75. The minimum atomic E-state index is -3.46. The van der Waals surface area contributed by atoms with Gasteiger partial charge in [-0.05, 0) is 36.1 Å². The van der Waals surface area contributed by atoms with Gasteiger partial charge in [0.15, 0.2) is 0 Å². The third kappa shape index (κ3) is 3.64. The number of aliphatic hydroxyl groups excluding tert-OH is 1. The van der Waals surface area contributed by atoms with Crippen molar-refractivity contribution in [1.29, 1.82) is 0 Å². The van der Waals surface area contributed by atoms with E-state index >= 15 is 0 Å². The summed E-state index contributed by atoms with van der Waals surface area (Å²) in [4.78, 5) is 1.89. The Balaban J connectivity index is 2.07. The molecule has 0 aliphatic heterocycles. The number of aliphatic hydroxyl groups is 1. The van der Waals surface area contributed by atoms with Gasteiger partial charge in [-0.15, -0.1) is 22.7 Å². The Bertz CT molecular complexity index is 643. The Morgan fingerprint density at radius 3 is 2.74 bits per heavy atom. The zero-order valence-electron chi connectivity index (χ0n) is 10.4. The zero-order chi connectivity index (χ0) is 13.9. The van der Waals surface area contributed by atoms with E-state index in [0.29, 0.717) is 17.2 Å². The lowest BCUT2D eigenvalue weighted by molar-refractivity contribution is 0.300. The van der Waals surface area contributed by atoms with Crippen LogP contribution >= 0.6 is 22.7 Å². The van der Waals surface area contributed by atoms with Gasteiger partial charge in [-0.2, -0.15) is 0 Å². The molecule has 7 heteroatoms. The van der Waals surface area contributed by atoms with Crippen LogP contribution in [0.2, 0.25) is 0 Å². The number of sulfonamides is 1. The number of hydrogen-bond acceptors (Lipinski definition) is 5. The second kappa shape index (κ2) is 6.15. The first kappa shape index (κ1) is 14.7. The molecule has 0 saturated carbocycles. The maximum atomic E-state index is 12.1. The Hall–Kier alpha value is -0.730. The van der Waals surface area contributed by atoms with E-state index in [0.717, 1.165) is 15.3 Å². The van der Waals surface area contributed by atoms with Crippen LogP contribution in [0.15, 0.2) is 27.8 Å². The highest BCUT2D eigenvalue weighted by molar-refractivity contribution is 7.91. The highest BCUT2D eigenvalue weighted by Crippen LogP contribution is 2.23. The van der Waals surface area contributed by atoms with Crippen molar-refractivity contribution < 1.29 is 13.5 Å². The Morgan fingerprint density at radius 1 is 1.32 bits per heavy atom. The van der Waals surface area contributed by atoms with E-state index in [9.17, 15) is 8.42 Å². The van der Waals surface area contributed by atoms with Crippen LogP contribution < -0.4 is 4.72 Å². The Kier molecular flexibility index (Phi) is 4.75. The highest BCUT2D eigenvalue weighted by Gasteiger charge is 2.17. The number of nitrogens with one attached hydrogen (secondary N) is 1. The molecule has 19 heavy (non-hydrogen) atoms. The van der Waals surface area contributed by atoms with Crippen molar-refractivity contribution in [3.8, 4) is 0 Å². The van der Waals surface area contributed by atoms with Gasteiger partial charge in [0.1, 0.15) is 4.21 Å². The lowest BCUT2D eigenvalue weighted by Crippen LogP contribution is -2.22. The molecule has 2 heterocycles. The van der Waals surface area contributed by atoms with E-state index in [1.54, 1.807) is 23.5 Å². The molecule has 0 saturated heterocycles. The topological polar surface area (TPSA) is 66.4 Å². The summed E-state index contributed by atoms with van der Waals surface area (Å²) in [7, 11) is -3.46. The molecule has 2 aromatic heterocycles. The lowest BCUT2D eigenvalue weighted by atomic mass is 10.3. The van der Waals surface area contributed by atoms with Crippen LogP contribution in [0.1, 0.15) is 15.3 Å². The summed E-state index contributed by atoms with van der Waals surface area (Å²) < 4.78 is 27.1. The molecule has 0 aromatic carbocycles.